The van der Waals surface area contributed by atoms with Crippen LogP contribution in [0.25, 0.3) is 33.3 Å². The first kappa shape index (κ1) is 20.1. The number of nitrogens with one attached hydrogen (secondary N) is 1. The Morgan fingerprint density at radius 2 is 1.84 bits per heavy atom. The molecule has 0 aliphatic heterocycles. The number of aromatic nitrogens is 1. The first-order valence-corrected chi connectivity index (χ1v) is 10.5. The summed E-state index contributed by atoms with van der Waals surface area (Å²) in [5.41, 5.74) is 3.76. The zero-order valence-corrected chi connectivity index (χ0v) is 18.0. The SMILES string of the molecule is Cc1ccc2nc(-c3ccc(Cl)c(NC(=O)COc4ccc5ccccc5c4)c3)oc2c1. The quantitative estimate of drug-likeness (QED) is 0.332. The Kier molecular flexibility index (Phi) is 5.25. The fourth-order valence-electron chi connectivity index (χ4n) is 3.50. The number of benzene rings is 4. The van der Waals surface area contributed by atoms with Crippen molar-refractivity contribution in [2.24, 2.45) is 0 Å². The second kappa shape index (κ2) is 8.36. The first-order chi connectivity index (χ1) is 15.5. The number of anilines is 1. The van der Waals surface area contributed by atoms with Crippen molar-refractivity contribution in [2.75, 3.05) is 11.9 Å². The van der Waals surface area contributed by atoms with Crippen LogP contribution in [-0.4, -0.2) is 17.5 Å². The number of aryl methyl sites for hydroxylation is 1. The molecular weight excluding hydrogens is 424 g/mol. The highest BCUT2D eigenvalue weighted by molar-refractivity contribution is 6.33. The zero-order chi connectivity index (χ0) is 22.1. The van der Waals surface area contributed by atoms with E-state index >= 15 is 0 Å². The molecule has 4 aromatic carbocycles. The van der Waals surface area contributed by atoms with Crippen molar-refractivity contribution >= 4 is 45.1 Å². The lowest BCUT2D eigenvalue weighted by Gasteiger charge is -2.10. The summed E-state index contributed by atoms with van der Waals surface area (Å²) >= 11 is 6.30. The van der Waals surface area contributed by atoms with E-state index < -0.39 is 0 Å². The molecule has 5 aromatic rings. The Morgan fingerprint density at radius 3 is 2.72 bits per heavy atom. The number of nitrogens with zero attached hydrogens (tertiary/aromatic N) is 1. The number of hydrogen-bond donors (Lipinski definition) is 1. The maximum atomic E-state index is 12.5. The number of amides is 1. The molecule has 0 radical (unpaired) electrons. The summed E-state index contributed by atoms with van der Waals surface area (Å²) in [7, 11) is 0. The lowest BCUT2D eigenvalue weighted by molar-refractivity contribution is -0.118. The average Bonchev–Trinajstić information content (AvgIpc) is 3.22. The molecule has 0 saturated carbocycles. The van der Waals surface area contributed by atoms with Crippen molar-refractivity contribution < 1.29 is 13.9 Å². The number of oxazole rings is 1. The van der Waals surface area contributed by atoms with Crippen molar-refractivity contribution in [3.05, 3.63) is 89.4 Å². The summed E-state index contributed by atoms with van der Waals surface area (Å²) in [5.74, 6) is 0.774. The standard InChI is InChI=1S/C26H19ClN2O3/c1-16-6-11-22-24(12-16)32-26(29-22)19-8-10-21(27)23(14-19)28-25(30)15-31-20-9-7-17-4-2-3-5-18(17)13-20/h2-14H,15H2,1H3,(H,28,30). The van der Waals surface area contributed by atoms with Gasteiger partial charge in [-0.05, 0) is 65.7 Å². The third kappa shape index (κ3) is 4.15. The van der Waals surface area contributed by atoms with Gasteiger partial charge in [-0.1, -0.05) is 48.0 Å². The van der Waals surface area contributed by atoms with E-state index in [-0.39, 0.29) is 12.5 Å². The van der Waals surface area contributed by atoms with Gasteiger partial charge in [0.1, 0.15) is 11.3 Å². The van der Waals surface area contributed by atoms with Gasteiger partial charge in [-0.3, -0.25) is 4.79 Å². The maximum Gasteiger partial charge on any atom is 0.262 e. The Labute approximate surface area is 189 Å². The van der Waals surface area contributed by atoms with Gasteiger partial charge >= 0.3 is 0 Å². The molecule has 1 heterocycles. The van der Waals surface area contributed by atoms with Crippen molar-refractivity contribution in [1.82, 2.24) is 4.98 Å². The summed E-state index contributed by atoms with van der Waals surface area (Å²) in [6.07, 6.45) is 0. The molecule has 1 N–H and O–H groups in total. The van der Waals surface area contributed by atoms with E-state index in [1.165, 1.54) is 0 Å². The summed E-state index contributed by atoms with van der Waals surface area (Å²) in [6, 6.07) is 24.8. The van der Waals surface area contributed by atoms with Gasteiger partial charge in [0.25, 0.3) is 5.91 Å². The summed E-state index contributed by atoms with van der Waals surface area (Å²) in [5, 5.41) is 5.39. The summed E-state index contributed by atoms with van der Waals surface area (Å²) < 4.78 is 11.6. The molecule has 1 amide bonds. The molecule has 0 atom stereocenters. The van der Waals surface area contributed by atoms with Crippen LogP contribution in [-0.2, 0) is 4.79 Å². The minimum Gasteiger partial charge on any atom is -0.484 e. The summed E-state index contributed by atoms with van der Waals surface area (Å²) in [4.78, 5) is 17.0. The van der Waals surface area contributed by atoms with Crippen LogP contribution in [0, 0.1) is 6.92 Å². The van der Waals surface area contributed by atoms with Gasteiger partial charge in [-0.15, -0.1) is 0 Å². The van der Waals surface area contributed by atoms with Crippen LogP contribution in [0.3, 0.4) is 0 Å². The van der Waals surface area contributed by atoms with Gasteiger partial charge in [0.15, 0.2) is 12.2 Å². The average molecular weight is 443 g/mol. The molecule has 0 aliphatic rings. The van der Waals surface area contributed by atoms with Gasteiger partial charge < -0.3 is 14.5 Å². The van der Waals surface area contributed by atoms with E-state index in [9.17, 15) is 4.79 Å². The van der Waals surface area contributed by atoms with E-state index in [1.807, 2.05) is 67.6 Å². The number of carbonyl (C=O) groups is 1. The molecule has 0 saturated heterocycles. The topological polar surface area (TPSA) is 64.4 Å². The lowest BCUT2D eigenvalue weighted by atomic mass is 10.1. The third-order valence-electron chi connectivity index (χ3n) is 5.12. The highest BCUT2D eigenvalue weighted by atomic mass is 35.5. The number of hydrogen-bond acceptors (Lipinski definition) is 4. The van der Waals surface area contributed by atoms with E-state index in [1.54, 1.807) is 18.2 Å². The predicted octanol–water partition coefficient (Wildman–Crippen LogP) is 6.63. The van der Waals surface area contributed by atoms with Gasteiger partial charge in [-0.25, -0.2) is 4.98 Å². The molecule has 0 fully saturated rings. The molecule has 6 heteroatoms. The molecule has 0 aliphatic carbocycles. The molecule has 32 heavy (non-hydrogen) atoms. The second-order valence-electron chi connectivity index (χ2n) is 7.53. The van der Waals surface area contributed by atoms with Gasteiger partial charge in [0, 0.05) is 5.56 Å². The second-order valence-corrected chi connectivity index (χ2v) is 7.94. The molecular formula is C26H19ClN2O3. The van der Waals surface area contributed by atoms with Crippen molar-refractivity contribution in [3.63, 3.8) is 0 Å². The van der Waals surface area contributed by atoms with Crippen LogP contribution >= 0.6 is 11.6 Å². The molecule has 158 valence electrons. The van der Waals surface area contributed by atoms with E-state index in [0.29, 0.717) is 33.5 Å². The minimum atomic E-state index is -0.314. The molecule has 5 rings (SSSR count). The normalized spacial score (nSPS) is 11.1. The van der Waals surface area contributed by atoms with Crippen LogP contribution in [0.15, 0.2) is 83.3 Å². The van der Waals surface area contributed by atoms with Crippen molar-refractivity contribution in [3.8, 4) is 17.2 Å². The van der Waals surface area contributed by atoms with E-state index in [0.717, 1.165) is 21.9 Å². The van der Waals surface area contributed by atoms with E-state index in [2.05, 4.69) is 10.3 Å². The highest BCUT2D eigenvalue weighted by Crippen LogP contribution is 2.31. The van der Waals surface area contributed by atoms with Crippen LogP contribution < -0.4 is 10.1 Å². The molecule has 0 bridgehead atoms. The predicted molar refractivity (Wildman–Crippen MR) is 127 cm³/mol. The third-order valence-corrected chi connectivity index (χ3v) is 5.45. The molecule has 1 aromatic heterocycles. The fourth-order valence-corrected chi connectivity index (χ4v) is 3.67. The Bertz CT molecular complexity index is 1460. The van der Waals surface area contributed by atoms with Crippen molar-refractivity contribution in [1.29, 1.82) is 0 Å². The summed E-state index contributed by atoms with van der Waals surface area (Å²) in [6.45, 7) is 1.86. The van der Waals surface area contributed by atoms with Gasteiger partial charge in [0.2, 0.25) is 5.89 Å². The van der Waals surface area contributed by atoms with Crippen LogP contribution in [0.5, 0.6) is 5.75 Å². The molecule has 0 unspecified atom stereocenters. The van der Waals surface area contributed by atoms with Crippen molar-refractivity contribution in [2.45, 2.75) is 6.92 Å². The smallest absolute Gasteiger partial charge is 0.262 e. The largest absolute Gasteiger partial charge is 0.484 e. The Morgan fingerprint density at radius 1 is 1.00 bits per heavy atom. The lowest BCUT2D eigenvalue weighted by Crippen LogP contribution is -2.20. The van der Waals surface area contributed by atoms with E-state index in [4.69, 9.17) is 20.8 Å². The number of fused-ring (bicyclic) bond motifs is 2. The highest BCUT2D eigenvalue weighted by Gasteiger charge is 2.13. The number of ether oxygens (including phenoxy) is 1. The Balaban J connectivity index is 1.31. The number of halogens is 1. The number of rotatable bonds is 5. The maximum absolute atomic E-state index is 12.5. The zero-order valence-electron chi connectivity index (χ0n) is 17.3. The monoisotopic (exact) mass is 442 g/mol. The van der Waals surface area contributed by atoms with Crippen LogP contribution in [0.2, 0.25) is 5.02 Å². The Hall–Kier alpha value is -3.83. The first-order valence-electron chi connectivity index (χ1n) is 10.1. The van der Waals surface area contributed by atoms with Crippen LogP contribution in [0.4, 0.5) is 5.69 Å². The molecule has 0 spiro atoms. The van der Waals surface area contributed by atoms with Gasteiger partial charge in [0.05, 0.1) is 10.7 Å². The van der Waals surface area contributed by atoms with Crippen LogP contribution in [0.1, 0.15) is 5.56 Å². The van der Waals surface area contributed by atoms with Gasteiger partial charge in [-0.2, -0.15) is 0 Å². The fraction of sp³-hybridized carbons (Fsp3) is 0.0769. The molecule has 5 nitrogen and oxygen atoms in total. The number of carbonyl (C=O) groups excluding carboxylic acids is 1. The minimum absolute atomic E-state index is 0.138.